The Morgan fingerprint density at radius 2 is 2.03 bits per heavy atom. The molecule has 3 rings (SSSR count). The lowest BCUT2D eigenvalue weighted by atomic mass is 10.1. The minimum Gasteiger partial charge on any atom is -0.394 e. The maximum Gasteiger partial charge on any atom is 0.330 e. The molecule has 0 unspecified atom stereocenters. The van der Waals surface area contributed by atoms with E-state index in [2.05, 4.69) is 10.3 Å². The standard InChI is InChI=1S/C18H20FN3O7/c19-29-14-13(24)12(9-23)28-17(14)22-8-11(16(26)21-18(22)27)15(25)20-7-6-10-4-2-1-3-5-10/h1-5,8,12-14,17,23-24H,6-7,9H2,(H,20,25)(H,21,26,27)/t12-,13+,14-,17-/m1/s1. The van der Waals surface area contributed by atoms with Crippen LogP contribution in [-0.4, -0.2) is 57.1 Å². The number of carbonyl (C=O) groups is 1. The second-order valence-electron chi connectivity index (χ2n) is 6.49. The number of nitrogens with one attached hydrogen (secondary N) is 2. The van der Waals surface area contributed by atoms with Gasteiger partial charge in [-0.25, -0.2) is 4.79 Å². The van der Waals surface area contributed by atoms with Gasteiger partial charge < -0.3 is 20.3 Å². The van der Waals surface area contributed by atoms with Gasteiger partial charge in [-0.1, -0.05) is 30.3 Å². The molecule has 0 saturated carbocycles. The Balaban J connectivity index is 1.79. The van der Waals surface area contributed by atoms with Gasteiger partial charge in [-0.15, -0.1) is 0 Å². The molecular weight excluding hydrogens is 389 g/mol. The van der Waals surface area contributed by atoms with E-state index in [1.54, 1.807) is 0 Å². The van der Waals surface area contributed by atoms with Gasteiger partial charge in [0.2, 0.25) is 0 Å². The van der Waals surface area contributed by atoms with E-state index in [0.29, 0.717) is 6.42 Å². The van der Waals surface area contributed by atoms with E-state index in [4.69, 9.17) is 4.74 Å². The van der Waals surface area contributed by atoms with E-state index < -0.39 is 53.9 Å². The summed E-state index contributed by atoms with van der Waals surface area (Å²) in [6, 6.07) is 9.35. The highest BCUT2D eigenvalue weighted by molar-refractivity contribution is 5.93. The third kappa shape index (κ3) is 4.43. The number of aromatic amines is 1. The van der Waals surface area contributed by atoms with Crippen LogP contribution in [0.25, 0.3) is 0 Å². The van der Waals surface area contributed by atoms with E-state index in [0.717, 1.165) is 16.3 Å². The number of aliphatic hydroxyl groups is 2. The summed E-state index contributed by atoms with van der Waals surface area (Å²) in [6.45, 7) is -0.411. The maximum atomic E-state index is 12.9. The predicted molar refractivity (Wildman–Crippen MR) is 96.8 cm³/mol. The molecule has 2 aromatic rings. The lowest BCUT2D eigenvalue weighted by Crippen LogP contribution is -2.41. The molecule has 4 N–H and O–H groups in total. The van der Waals surface area contributed by atoms with Gasteiger partial charge in [0, 0.05) is 12.7 Å². The van der Waals surface area contributed by atoms with E-state index >= 15 is 0 Å². The number of aliphatic hydroxyl groups excluding tert-OH is 2. The third-order valence-electron chi connectivity index (χ3n) is 4.62. The first-order valence-corrected chi connectivity index (χ1v) is 8.85. The molecule has 1 fully saturated rings. The van der Waals surface area contributed by atoms with Crippen LogP contribution < -0.4 is 16.6 Å². The van der Waals surface area contributed by atoms with Crippen LogP contribution in [0.5, 0.6) is 0 Å². The van der Waals surface area contributed by atoms with Crippen molar-refractivity contribution in [1.29, 1.82) is 0 Å². The Labute approximate surface area is 163 Å². The van der Waals surface area contributed by atoms with Crippen molar-refractivity contribution in [3.63, 3.8) is 0 Å². The fourth-order valence-corrected chi connectivity index (χ4v) is 3.09. The normalized spacial score (nSPS) is 23.8. The number of amides is 1. The number of nitrogens with zero attached hydrogens (tertiary/aromatic N) is 1. The van der Waals surface area contributed by atoms with Gasteiger partial charge in [-0.3, -0.25) is 19.1 Å². The quantitative estimate of drug-likeness (QED) is 0.461. The van der Waals surface area contributed by atoms with E-state index in [1.165, 1.54) is 0 Å². The molecule has 0 aliphatic carbocycles. The molecule has 0 bridgehead atoms. The molecule has 1 aromatic heterocycles. The van der Waals surface area contributed by atoms with Crippen LogP contribution in [0.3, 0.4) is 0 Å². The third-order valence-corrected chi connectivity index (χ3v) is 4.62. The number of H-pyrrole nitrogens is 1. The molecule has 11 heteroatoms. The van der Waals surface area contributed by atoms with E-state index in [9.17, 15) is 29.1 Å². The number of hydrogen-bond acceptors (Lipinski definition) is 7. The zero-order valence-electron chi connectivity index (χ0n) is 15.2. The van der Waals surface area contributed by atoms with Crippen LogP contribution in [0, 0.1) is 0 Å². The Morgan fingerprint density at radius 3 is 2.69 bits per heavy atom. The van der Waals surface area contributed by atoms with Crippen LogP contribution in [0.4, 0.5) is 4.53 Å². The summed E-state index contributed by atoms with van der Waals surface area (Å²) in [4.78, 5) is 42.2. The van der Waals surface area contributed by atoms with Crippen molar-refractivity contribution in [3.8, 4) is 0 Å². The van der Waals surface area contributed by atoms with Crippen molar-refractivity contribution in [2.24, 2.45) is 0 Å². The number of carbonyl (C=O) groups excluding carboxylic acids is 1. The van der Waals surface area contributed by atoms with Crippen LogP contribution in [-0.2, 0) is 16.1 Å². The number of halogens is 1. The second kappa shape index (κ2) is 9.09. The highest BCUT2D eigenvalue weighted by Gasteiger charge is 2.47. The number of aromatic nitrogens is 2. The molecule has 0 radical (unpaired) electrons. The van der Waals surface area contributed by atoms with Gasteiger partial charge in [0.05, 0.1) is 6.61 Å². The average molecular weight is 409 g/mol. The zero-order valence-corrected chi connectivity index (χ0v) is 15.2. The van der Waals surface area contributed by atoms with Gasteiger partial charge in [-0.05, 0) is 16.5 Å². The summed E-state index contributed by atoms with van der Waals surface area (Å²) in [7, 11) is 0. The fraction of sp³-hybridized carbons (Fsp3) is 0.389. The number of ether oxygens (including phenoxy) is 1. The first-order valence-electron chi connectivity index (χ1n) is 8.85. The largest absolute Gasteiger partial charge is 0.394 e. The minimum atomic E-state index is -1.63. The van der Waals surface area contributed by atoms with Crippen molar-refractivity contribution in [2.75, 3.05) is 13.2 Å². The highest BCUT2D eigenvalue weighted by atomic mass is 19.3. The lowest BCUT2D eigenvalue weighted by Gasteiger charge is -2.18. The monoisotopic (exact) mass is 409 g/mol. The van der Waals surface area contributed by atoms with E-state index in [1.807, 2.05) is 35.3 Å². The molecule has 0 spiro atoms. The zero-order chi connectivity index (χ0) is 21.0. The summed E-state index contributed by atoms with van der Waals surface area (Å²) in [5.74, 6) is -0.745. The topological polar surface area (TPSA) is 143 Å². The Morgan fingerprint density at radius 1 is 1.31 bits per heavy atom. The minimum absolute atomic E-state index is 0.239. The van der Waals surface area contributed by atoms with Gasteiger partial charge >= 0.3 is 5.69 Å². The molecule has 4 atom stereocenters. The summed E-state index contributed by atoms with van der Waals surface area (Å²) < 4.78 is 18.9. The Kier molecular flexibility index (Phi) is 6.54. The van der Waals surface area contributed by atoms with Crippen molar-refractivity contribution in [3.05, 3.63) is 68.5 Å². The number of hydrogen-bond donors (Lipinski definition) is 4. The molecule has 10 nitrogen and oxygen atoms in total. The smallest absolute Gasteiger partial charge is 0.330 e. The molecule has 1 amide bonds. The maximum absolute atomic E-state index is 12.9. The fourth-order valence-electron chi connectivity index (χ4n) is 3.09. The Hall–Kier alpha value is -2.86. The Bertz CT molecular complexity index is 962. The molecule has 29 heavy (non-hydrogen) atoms. The first-order chi connectivity index (χ1) is 14.0. The van der Waals surface area contributed by atoms with Crippen LogP contribution in [0.1, 0.15) is 22.1 Å². The average Bonchev–Trinajstić information content (AvgIpc) is 3.04. The first kappa shape index (κ1) is 20.9. The molecule has 1 saturated heterocycles. The summed E-state index contributed by atoms with van der Waals surface area (Å²) in [6.07, 6.45) is -4.46. The molecular formula is C18H20FN3O7. The van der Waals surface area contributed by atoms with Gasteiger partial charge in [0.15, 0.2) is 12.3 Å². The van der Waals surface area contributed by atoms with Crippen LogP contribution in [0.2, 0.25) is 0 Å². The molecule has 1 aliphatic rings. The molecule has 1 aliphatic heterocycles. The highest BCUT2D eigenvalue weighted by Crippen LogP contribution is 2.30. The van der Waals surface area contributed by atoms with Crippen molar-refractivity contribution in [2.45, 2.75) is 31.0 Å². The van der Waals surface area contributed by atoms with Gasteiger partial charge in [-0.2, -0.15) is 4.94 Å². The van der Waals surface area contributed by atoms with Crippen molar-refractivity contribution < 1.29 is 29.2 Å². The van der Waals surface area contributed by atoms with Gasteiger partial charge in [0.25, 0.3) is 11.5 Å². The molecule has 1 aromatic carbocycles. The summed E-state index contributed by atoms with van der Waals surface area (Å²) in [5.41, 5.74) is -1.34. The van der Waals surface area contributed by atoms with Crippen LogP contribution >= 0.6 is 0 Å². The SMILES string of the molecule is O=C(NCCc1ccccc1)c1cn([C@@H]2O[C@H](CO)[C@H](O)[C@H]2OF)c(=O)[nH]c1=O. The van der Waals surface area contributed by atoms with E-state index in [-0.39, 0.29) is 6.54 Å². The second-order valence-corrected chi connectivity index (χ2v) is 6.49. The summed E-state index contributed by atoms with van der Waals surface area (Å²) in [5, 5.41) is 21.7. The van der Waals surface area contributed by atoms with Gasteiger partial charge in [0.1, 0.15) is 17.8 Å². The van der Waals surface area contributed by atoms with Crippen LogP contribution in [0.15, 0.2) is 46.1 Å². The predicted octanol–water partition coefficient (Wildman–Crippen LogP) is -0.971. The van der Waals surface area contributed by atoms with Crippen molar-refractivity contribution >= 4 is 5.91 Å². The summed E-state index contributed by atoms with van der Waals surface area (Å²) >= 11 is 0. The number of benzene rings is 1. The van der Waals surface area contributed by atoms with Crippen molar-refractivity contribution in [1.82, 2.24) is 14.9 Å². The molecule has 156 valence electrons. The lowest BCUT2D eigenvalue weighted by molar-refractivity contribution is -0.221. The molecule has 2 heterocycles. The number of rotatable bonds is 7.